The van der Waals surface area contributed by atoms with Crippen molar-refractivity contribution in [2.75, 3.05) is 28.4 Å². The van der Waals surface area contributed by atoms with Crippen LogP contribution in [0.25, 0.3) is 56.7 Å². The monoisotopic (exact) mass is 806 g/mol. The van der Waals surface area contributed by atoms with Crippen LogP contribution >= 0.6 is 0 Å². The van der Waals surface area contributed by atoms with Gasteiger partial charge in [0.05, 0.1) is 59.6 Å². The summed E-state index contributed by atoms with van der Waals surface area (Å²) in [6.07, 6.45) is 0. The predicted octanol–water partition coefficient (Wildman–Crippen LogP) is 6.25. The van der Waals surface area contributed by atoms with Crippen LogP contribution in [-0.4, -0.2) is 68.3 Å². The maximum atomic E-state index is 11.4. The number of nitrogens with zero attached hydrogens (tertiary/aromatic N) is 10. The molecule has 60 heavy (non-hydrogen) atoms. The Hall–Kier alpha value is -8.54. The predicted molar refractivity (Wildman–Crippen MR) is 215 cm³/mol. The zero-order valence-corrected chi connectivity index (χ0v) is 32.4. The molecule has 2 aromatic heterocycles. The molecule has 298 valence electrons. The van der Waals surface area contributed by atoms with Gasteiger partial charge in [0, 0.05) is 45.5 Å². The van der Waals surface area contributed by atoms with E-state index in [0.29, 0.717) is 63.0 Å². The van der Waals surface area contributed by atoms with Crippen molar-refractivity contribution in [2.24, 2.45) is 0 Å². The SMILES string of the molecule is COc1ccc(-c2nn(-c3ccc([N+](=O)[O-])cc3)[n+](-c3ccc(-c4ccc(-[n+]5nc(-c6ccc(OC)cc6)nn5-c5ccc([N+](=O)[O-])cc5)c(OC)c4)c(OC)c3)n2)cc1. The van der Waals surface area contributed by atoms with Gasteiger partial charge in [-0.1, -0.05) is 0 Å². The van der Waals surface area contributed by atoms with Crippen molar-refractivity contribution in [3.05, 3.63) is 154 Å². The van der Waals surface area contributed by atoms with Crippen molar-refractivity contribution in [3.8, 4) is 79.7 Å². The van der Waals surface area contributed by atoms with Gasteiger partial charge in [-0.25, -0.2) is 0 Å². The average molecular weight is 807 g/mol. The first kappa shape index (κ1) is 38.3. The lowest BCUT2D eigenvalue weighted by Gasteiger charge is -2.12. The summed E-state index contributed by atoms with van der Waals surface area (Å²) in [6.45, 7) is 0. The number of nitro groups is 2. The molecular formula is C42H34N10O8+2. The lowest BCUT2D eigenvalue weighted by atomic mass is 10.0. The van der Waals surface area contributed by atoms with Gasteiger partial charge in [0.25, 0.3) is 11.4 Å². The molecular weight excluding hydrogens is 773 g/mol. The largest absolute Gasteiger partial charge is 0.497 e. The molecule has 0 radical (unpaired) electrons. The first-order valence-corrected chi connectivity index (χ1v) is 18.1. The number of rotatable bonds is 13. The summed E-state index contributed by atoms with van der Waals surface area (Å²) >= 11 is 0. The van der Waals surface area contributed by atoms with Gasteiger partial charge in [-0.05, 0) is 128 Å². The smallest absolute Gasteiger partial charge is 0.340 e. The van der Waals surface area contributed by atoms with Crippen LogP contribution in [0.5, 0.6) is 23.0 Å². The Morgan fingerprint density at radius 2 is 0.967 bits per heavy atom. The summed E-state index contributed by atoms with van der Waals surface area (Å²) in [5.41, 5.74) is 4.95. The zero-order valence-electron chi connectivity index (χ0n) is 32.4. The van der Waals surface area contributed by atoms with E-state index >= 15 is 0 Å². The summed E-state index contributed by atoms with van der Waals surface area (Å²) in [4.78, 5) is 28.1. The molecule has 0 N–H and O–H groups in total. The molecule has 0 fully saturated rings. The maximum Gasteiger partial charge on any atom is 0.340 e. The molecule has 0 aliphatic rings. The molecule has 0 saturated carbocycles. The second-order valence-electron chi connectivity index (χ2n) is 13.0. The highest BCUT2D eigenvalue weighted by atomic mass is 16.6. The topological polar surface area (TPSA) is 192 Å². The Kier molecular flexibility index (Phi) is 10.3. The number of benzene rings is 6. The van der Waals surface area contributed by atoms with Crippen LogP contribution in [0, 0.1) is 20.2 Å². The van der Waals surface area contributed by atoms with Crippen molar-refractivity contribution < 1.29 is 38.4 Å². The lowest BCUT2D eigenvalue weighted by molar-refractivity contribution is -0.734. The summed E-state index contributed by atoms with van der Waals surface area (Å²) in [5, 5.41) is 42.1. The van der Waals surface area contributed by atoms with Crippen LogP contribution in [-0.2, 0) is 0 Å². The molecule has 0 bridgehead atoms. The van der Waals surface area contributed by atoms with Gasteiger partial charge >= 0.3 is 11.6 Å². The van der Waals surface area contributed by atoms with Crippen LogP contribution < -0.4 is 28.5 Å². The third-order valence-electron chi connectivity index (χ3n) is 9.52. The van der Waals surface area contributed by atoms with Gasteiger partial charge in [-0.2, -0.15) is 0 Å². The number of ether oxygens (including phenoxy) is 4. The third-order valence-corrected chi connectivity index (χ3v) is 9.52. The number of non-ortho nitro benzene ring substituents is 2. The van der Waals surface area contributed by atoms with Crippen molar-refractivity contribution >= 4 is 11.4 Å². The van der Waals surface area contributed by atoms with E-state index in [0.717, 1.165) is 16.7 Å². The van der Waals surface area contributed by atoms with E-state index in [2.05, 4.69) is 0 Å². The van der Waals surface area contributed by atoms with Crippen molar-refractivity contribution in [1.82, 2.24) is 30.0 Å². The molecule has 0 spiro atoms. The third kappa shape index (κ3) is 7.38. The Balaban J connectivity index is 1.20. The fourth-order valence-electron chi connectivity index (χ4n) is 6.41. The lowest BCUT2D eigenvalue weighted by Crippen LogP contribution is -2.43. The Morgan fingerprint density at radius 1 is 0.500 bits per heavy atom. The molecule has 8 rings (SSSR count). The second kappa shape index (κ2) is 16.1. The maximum absolute atomic E-state index is 11.4. The van der Waals surface area contributed by atoms with Crippen LogP contribution in [0.1, 0.15) is 0 Å². The Labute approximate surface area is 340 Å². The number of aromatic nitrogens is 8. The fraction of sp³-hybridized carbons (Fsp3) is 0.0952. The van der Waals surface area contributed by atoms with E-state index in [9.17, 15) is 20.2 Å². The molecule has 0 atom stereocenters. The number of methoxy groups -OCH3 is 4. The van der Waals surface area contributed by atoms with E-state index < -0.39 is 9.85 Å². The highest BCUT2D eigenvalue weighted by Crippen LogP contribution is 2.35. The van der Waals surface area contributed by atoms with Crippen LogP contribution in [0.15, 0.2) is 133 Å². The minimum Gasteiger partial charge on any atom is -0.497 e. The van der Waals surface area contributed by atoms with E-state index in [1.54, 1.807) is 79.2 Å². The van der Waals surface area contributed by atoms with Crippen molar-refractivity contribution in [1.29, 1.82) is 0 Å². The summed E-state index contributed by atoms with van der Waals surface area (Å²) in [7, 11) is 6.27. The zero-order chi connectivity index (χ0) is 41.9. The summed E-state index contributed by atoms with van der Waals surface area (Å²) in [6, 6.07) is 37.7. The summed E-state index contributed by atoms with van der Waals surface area (Å²) in [5.74, 6) is 3.07. The van der Waals surface area contributed by atoms with E-state index in [4.69, 9.17) is 39.3 Å². The van der Waals surface area contributed by atoms with Crippen LogP contribution in [0.3, 0.4) is 0 Å². The number of hydrogen-bond acceptors (Lipinski definition) is 12. The van der Waals surface area contributed by atoms with Crippen LogP contribution in [0.2, 0.25) is 0 Å². The fourth-order valence-corrected chi connectivity index (χ4v) is 6.41. The second-order valence-corrected chi connectivity index (χ2v) is 13.0. The highest BCUT2D eigenvalue weighted by Gasteiger charge is 2.29. The van der Waals surface area contributed by atoms with Crippen LogP contribution in [0.4, 0.5) is 11.4 Å². The standard InChI is InChI=1S/C42H34N10O8/c1-57-35-19-5-27(6-20-35)41-43-47(30-10-14-32(15-11-30)51(53)54)49(45-41)34-18-23-37(39(26-34)59-3)29-9-24-38(40(25-29)60-4)50-46-42(28-7-21-36(58-2)22-8-28)44-48(50)31-12-16-33(17-13-31)52(55)56/h5-26H,1-4H3/q+2. The first-order valence-electron chi connectivity index (χ1n) is 18.1. The highest BCUT2D eigenvalue weighted by molar-refractivity contribution is 5.74. The Bertz CT molecular complexity index is 2860. The number of hydrogen-bond donors (Lipinski definition) is 0. The van der Waals surface area contributed by atoms with Gasteiger partial charge in [0.1, 0.15) is 28.6 Å². The van der Waals surface area contributed by atoms with Crippen molar-refractivity contribution in [3.63, 3.8) is 0 Å². The van der Waals surface area contributed by atoms with Gasteiger partial charge < -0.3 is 18.9 Å². The van der Waals surface area contributed by atoms with E-state index in [-0.39, 0.29) is 11.4 Å². The summed E-state index contributed by atoms with van der Waals surface area (Å²) < 4.78 is 22.5. The van der Waals surface area contributed by atoms with Gasteiger partial charge in [-0.15, -0.1) is 0 Å². The molecule has 0 aliphatic heterocycles. The minimum absolute atomic E-state index is 0.0593. The minimum atomic E-state index is -0.465. The average Bonchev–Trinajstić information content (AvgIpc) is 3.95. The molecule has 18 heteroatoms. The Morgan fingerprint density at radius 3 is 1.43 bits per heavy atom. The van der Waals surface area contributed by atoms with Gasteiger partial charge in [0.15, 0.2) is 11.4 Å². The van der Waals surface area contributed by atoms with E-state index in [1.165, 1.54) is 29.1 Å². The molecule has 0 amide bonds. The van der Waals surface area contributed by atoms with Crippen molar-refractivity contribution in [2.45, 2.75) is 0 Å². The molecule has 6 aromatic carbocycles. The first-order chi connectivity index (χ1) is 29.2. The number of nitro benzene ring substituents is 2. The molecule has 0 unspecified atom stereocenters. The molecule has 18 nitrogen and oxygen atoms in total. The van der Waals surface area contributed by atoms with Gasteiger partial charge in [-0.3, -0.25) is 20.2 Å². The molecule has 8 aromatic rings. The molecule has 2 heterocycles. The quantitative estimate of drug-likeness (QED) is 0.0724. The van der Waals surface area contributed by atoms with E-state index in [1.807, 2.05) is 72.8 Å². The molecule has 0 aliphatic carbocycles. The normalized spacial score (nSPS) is 10.9. The molecule has 0 saturated heterocycles. The van der Waals surface area contributed by atoms with Gasteiger partial charge in [0.2, 0.25) is 5.69 Å². The number of tetrazole rings is 2.